The Morgan fingerprint density at radius 1 is 0.960 bits per heavy atom. The van der Waals surface area contributed by atoms with Crippen molar-refractivity contribution in [3.8, 4) is 0 Å². The minimum atomic E-state index is -0.567. The van der Waals surface area contributed by atoms with Gasteiger partial charge in [0, 0.05) is 19.1 Å². The summed E-state index contributed by atoms with van der Waals surface area (Å²) in [4.78, 5) is 2.70. The molecule has 2 nitrogen and oxygen atoms in total. The molecule has 5 rings (SSSR count). The highest BCUT2D eigenvalue weighted by molar-refractivity contribution is 5.18. The van der Waals surface area contributed by atoms with Gasteiger partial charge in [0.2, 0.25) is 0 Å². The van der Waals surface area contributed by atoms with Crippen molar-refractivity contribution in [2.75, 3.05) is 13.1 Å². The average molecular weight is 342 g/mol. The monoisotopic (exact) mass is 341 g/mol. The normalized spacial score (nSPS) is 33.4. The van der Waals surface area contributed by atoms with Crippen LogP contribution in [0, 0.1) is 23.7 Å². The smallest absolute Gasteiger partial charge is 0.0800 e. The Bertz CT molecular complexity index is 539. The zero-order valence-electron chi connectivity index (χ0n) is 16.0. The number of nitrogens with zero attached hydrogens (tertiary/aromatic N) is 1. The molecular formula is C23H35NO. The van der Waals surface area contributed by atoms with Crippen molar-refractivity contribution >= 4 is 0 Å². The molecule has 1 heterocycles. The van der Waals surface area contributed by atoms with Crippen LogP contribution in [0.15, 0.2) is 30.3 Å². The lowest BCUT2D eigenvalue weighted by molar-refractivity contribution is -0.0492. The van der Waals surface area contributed by atoms with Crippen molar-refractivity contribution in [2.45, 2.75) is 70.4 Å². The van der Waals surface area contributed by atoms with E-state index in [1.807, 2.05) is 0 Å². The standard InChI is InChI=1S/C23H35NO/c1-3-23(25,4-2)22(14-17-8-6-5-7-9-17)24-15-20-18-10-11-19(13-12-18)21(20)16-24/h5-9,18-22,25H,3-4,10-16H2,1-2H3/t18?,19?,20?,21?,22-/m0/s1. The molecule has 0 spiro atoms. The van der Waals surface area contributed by atoms with Gasteiger partial charge >= 0.3 is 0 Å². The van der Waals surface area contributed by atoms with Crippen LogP contribution < -0.4 is 0 Å². The van der Waals surface area contributed by atoms with Gasteiger partial charge in [-0.1, -0.05) is 44.2 Å². The van der Waals surface area contributed by atoms with E-state index in [9.17, 15) is 5.11 Å². The Morgan fingerprint density at radius 2 is 1.48 bits per heavy atom. The Kier molecular flexibility index (Phi) is 4.94. The lowest BCUT2D eigenvalue weighted by Crippen LogP contribution is -2.53. The number of aliphatic hydroxyl groups is 1. The van der Waals surface area contributed by atoms with E-state index in [1.165, 1.54) is 44.3 Å². The first kappa shape index (κ1) is 17.5. The van der Waals surface area contributed by atoms with Gasteiger partial charge in [-0.3, -0.25) is 4.90 Å². The Labute approximate surface area is 153 Å². The van der Waals surface area contributed by atoms with Crippen molar-refractivity contribution in [1.29, 1.82) is 0 Å². The molecule has 0 aromatic heterocycles. The summed E-state index contributed by atoms with van der Waals surface area (Å²) in [5, 5.41) is 11.4. The lowest BCUT2D eigenvalue weighted by Gasteiger charge is -2.45. The highest BCUT2D eigenvalue weighted by atomic mass is 16.3. The predicted octanol–water partition coefficient (Wildman–Crippen LogP) is 4.52. The molecule has 1 aromatic rings. The Hall–Kier alpha value is -0.860. The fourth-order valence-electron chi connectivity index (χ4n) is 6.36. The van der Waals surface area contributed by atoms with Gasteiger partial charge < -0.3 is 5.11 Å². The summed E-state index contributed by atoms with van der Waals surface area (Å²) in [6.45, 7) is 6.78. The van der Waals surface area contributed by atoms with Crippen LogP contribution in [0.3, 0.4) is 0 Å². The van der Waals surface area contributed by atoms with Crippen LogP contribution in [0.25, 0.3) is 0 Å². The van der Waals surface area contributed by atoms with Gasteiger partial charge in [0.15, 0.2) is 0 Å². The zero-order chi connectivity index (χ0) is 17.4. The van der Waals surface area contributed by atoms with E-state index in [-0.39, 0.29) is 6.04 Å². The number of fused-ring (bicyclic) bond motifs is 2. The first-order valence-electron chi connectivity index (χ1n) is 10.6. The topological polar surface area (TPSA) is 23.5 Å². The summed E-state index contributed by atoms with van der Waals surface area (Å²) in [5.41, 5.74) is 0.799. The van der Waals surface area contributed by atoms with Crippen molar-refractivity contribution in [3.63, 3.8) is 0 Å². The van der Waals surface area contributed by atoms with E-state index in [0.717, 1.165) is 42.9 Å². The molecule has 1 N–H and O–H groups in total. The van der Waals surface area contributed by atoms with Crippen LogP contribution in [0.4, 0.5) is 0 Å². The van der Waals surface area contributed by atoms with E-state index in [2.05, 4.69) is 49.1 Å². The molecule has 25 heavy (non-hydrogen) atoms. The third kappa shape index (κ3) is 3.17. The van der Waals surface area contributed by atoms with Crippen LogP contribution in [-0.4, -0.2) is 34.7 Å². The van der Waals surface area contributed by atoms with Crippen LogP contribution in [0.1, 0.15) is 57.9 Å². The lowest BCUT2D eigenvalue weighted by atomic mass is 9.60. The Balaban J connectivity index is 1.58. The van der Waals surface area contributed by atoms with Crippen LogP contribution >= 0.6 is 0 Å². The summed E-state index contributed by atoms with van der Waals surface area (Å²) in [5.74, 6) is 3.75. The van der Waals surface area contributed by atoms with Gasteiger partial charge in [-0.15, -0.1) is 0 Å². The van der Waals surface area contributed by atoms with Crippen LogP contribution in [0.2, 0.25) is 0 Å². The molecule has 2 unspecified atom stereocenters. The van der Waals surface area contributed by atoms with Crippen molar-refractivity contribution < 1.29 is 5.11 Å². The second kappa shape index (κ2) is 7.04. The maximum atomic E-state index is 11.4. The molecule has 3 aliphatic carbocycles. The van der Waals surface area contributed by atoms with Gasteiger partial charge in [0.25, 0.3) is 0 Å². The third-order valence-electron chi connectivity index (χ3n) is 8.03. The minimum absolute atomic E-state index is 0.259. The molecule has 2 bridgehead atoms. The molecule has 4 fully saturated rings. The highest BCUT2D eigenvalue weighted by Crippen LogP contribution is 2.52. The summed E-state index contributed by atoms with van der Waals surface area (Å²) in [7, 11) is 0. The average Bonchev–Trinajstić information content (AvgIpc) is 3.14. The number of hydrogen-bond donors (Lipinski definition) is 1. The molecule has 0 amide bonds. The van der Waals surface area contributed by atoms with E-state index < -0.39 is 5.60 Å². The van der Waals surface area contributed by atoms with Gasteiger partial charge in [0.1, 0.15) is 0 Å². The summed E-state index contributed by atoms with van der Waals surface area (Å²) in [6, 6.07) is 11.1. The fraction of sp³-hybridized carbons (Fsp3) is 0.739. The van der Waals surface area contributed by atoms with Gasteiger partial charge in [-0.05, 0) is 74.2 Å². The highest BCUT2D eigenvalue weighted by Gasteiger charge is 2.51. The SMILES string of the molecule is CCC(O)(CC)[C@H](Cc1ccccc1)N1CC2C3CCC(CC3)C2C1. The summed E-state index contributed by atoms with van der Waals surface area (Å²) < 4.78 is 0. The zero-order valence-corrected chi connectivity index (χ0v) is 16.0. The summed E-state index contributed by atoms with van der Waals surface area (Å²) >= 11 is 0. The van der Waals surface area contributed by atoms with Crippen molar-refractivity contribution in [3.05, 3.63) is 35.9 Å². The first-order valence-corrected chi connectivity index (χ1v) is 10.6. The molecule has 2 heteroatoms. The predicted molar refractivity (Wildman–Crippen MR) is 103 cm³/mol. The fourth-order valence-corrected chi connectivity index (χ4v) is 6.36. The molecule has 1 aromatic carbocycles. The van der Waals surface area contributed by atoms with E-state index in [4.69, 9.17) is 0 Å². The minimum Gasteiger partial charge on any atom is -0.388 e. The number of likely N-dealkylation sites (tertiary alicyclic amines) is 1. The van der Waals surface area contributed by atoms with Gasteiger partial charge in [-0.2, -0.15) is 0 Å². The quantitative estimate of drug-likeness (QED) is 0.822. The molecule has 1 aliphatic heterocycles. The van der Waals surface area contributed by atoms with E-state index in [1.54, 1.807) is 0 Å². The van der Waals surface area contributed by atoms with Gasteiger partial charge in [-0.25, -0.2) is 0 Å². The van der Waals surface area contributed by atoms with Gasteiger partial charge in [0.05, 0.1) is 5.60 Å². The molecule has 138 valence electrons. The Morgan fingerprint density at radius 3 is 1.96 bits per heavy atom. The van der Waals surface area contributed by atoms with Crippen LogP contribution in [-0.2, 0) is 6.42 Å². The number of benzene rings is 1. The molecule has 4 aliphatic rings. The summed E-state index contributed by atoms with van der Waals surface area (Å²) in [6.07, 6.45) is 8.54. The molecule has 1 saturated heterocycles. The van der Waals surface area contributed by atoms with Crippen molar-refractivity contribution in [2.24, 2.45) is 23.7 Å². The molecule has 3 saturated carbocycles. The largest absolute Gasteiger partial charge is 0.388 e. The number of hydrogen-bond acceptors (Lipinski definition) is 2. The molecule has 0 radical (unpaired) electrons. The second-order valence-electron chi connectivity index (χ2n) is 8.97. The van der Waals surface area contributed by atoms with Crippen LogP contribution in [0.5, 0.6) is 0 Å². The third-order valence-corrected chi connectivity index (χ3v) is 8.03. The maximum absolute atomic E-state index is 11.4. The molecule has 3 atom stereocenters. The van der Waals surface area contributed by atoms with Crippen molar-refractivity contribution in [1.82, 2.24) is 4.90 Å². The second-order valence-corrected chi connectivity index (χ2v) is 8.97. The number of rotatable bonds is 6. The maximum Gasteiger partial charge on any atom is 0.0800 e. The molecular weight excluding hydrogens is 306 g/mol. The van der Waals surface area contributed by atoms with E-state index >= 15 is 0 Å². The first-order chi connectivity index (χ1) is 12.1. The van der Waals surface area contributed by atoms with E-state index in [0.29, 0.717) is 0 Å².